The molecule has 3 nitrogen and oxygen atoms in total. The van der Waals surface area contributed by atoms with E-state index in [1.54, 1.807) is 22.7 Å². The van der Waals surface area contributed by atoms with Crippen LogP contribution in [0.15, 0.2) is 35.0 Å². The van der Waals surface area contributed by atoms with Crippen molar-refractivity contribution in [2.75, 3.05) is 5.32 Å². The lowest BCUT2D eigenvalue weighted by Crippen LogP contribution is -2.14. The molecule has 0 saturated heterocycles. The summed E-state index contributed by atoms with van der Waals surface area (Å²) in [7, 11) is 0. The molecule has 0 aliphatic carbocycles. The fourth-order valence-corrected chi connectivity index (χ4v) is 4.35. The Bertz CT molecular complexity index is 644. The summed E-state index contributed by atoms with van der Waals surface area (Å²) in [6.07, 6.45) is 0. The Morgan fingerprint density at radius 2 is 1.67 bits per heavy atom. The van der Waals surface area contributed by atoms with E-state index in [4.69, 9.17) is 0 Å². The van der Waals surface area contributed by atoms with Gasteiger partial charge in [0.2, 0.25) is 5.13 Å². The highest BCUT2D eigenvalue weighted by atomic mass is 32.1. The van der Waals surface area contributed by atoms with Gasteiger partial charge in [-0.25, -0.2) is 4.98 Å². The van der Waals surface area contributed by atoms with Crippen LogP contribution in [0.5, 0.6) is 0 Å². The predicted molar refractivity (Wildman–Crippen MR) is 92.7 cm³/mol. The average Bonchev–Trinajstić information content (AvgIpc) is 3.17. The Kier molecular flexibility index (Phi) is 4.10. The summed E-state index contributed by atoms with van der Waals surface area (Å²) in [5, 5.41) is 8.64. The highest BCUT2D eigenvalue weighted by molar-refractivity contribution is 7.12. The van der Waals surface area contributed by atoms with Gasteiger partial charge in [-0.1, -0.05) is 32.9 Å². The van der Waals surface area contributed by atoms with Crippen molar-refractivity contribution in [2.45, 2.75) is 32.2 Å². The van der Waals surface area contributed by atoms with Crippen molar-refractivity contribution in [3.63, 3.8) is 0 Å². The Balaban J connectivity index is 1.87. The molecule has 6 heteroatoms. The molecule has 0 bridgehead atoms. The molecule has 3 heterocycles. The van der Waals surface area contributed by atoms with Crippen molar-refractivity contribution in [2.24, 2.45) is 0 Å². The first-order valence-corrected chi connectivity index (χ1v) is 9.25. The van der Waals surface area contributed by atoms with Crippen molar-refractivity contribution in [3.05, 3.63) is 50.6 Å². The molecule has 3 rings (SSSR count). The second-order valence-electron chi connectivity index (χ2n) is 5.78. The van der Waals surface area contributed by atoms with Crippen molar-refractivity contribution >= 4 is 39.3 Å². The van der Waals surface area contributed by atoms with Gasteiger partial charge in [0.05, 0.1) is 6.04 Å². The Morgan fingerprint density at radius 1 is 1.05 bits per heavy atom. The maximum atomic E-state index is 4.65. The SMILES string of the molecule is CC(C)(C)c1nsc(NC(c2cccs2)c2cccs2)n1. The van der Waals surface area contributed by atoms with Crippen molar-refractivity contribution in [3.8, 4) is 0 Å². The van der Waals surface area contributed by atoms with Crippen LogP contribution in [0.1, 0.15) is 42.4 Å². The summed E-state index contributed by atoms with van der Waals surface area (Å²) >= 11 is 4.96. The molecule has 0 saturated carbocycles. The summed E-state index contributed by atoms with van der Waals surface area (Å²) < 4.78 is 4.48. The number of hydrogen-bond acceptors (Lipinski definition) is 6. The lowest BCUT2D eigenvalue weighted by Gasteiger charge is -2.15. The standard InChI is InChI=1S/C15H17N3S3/c1-15(2,3)13-17-14(21-18-13)16-12(10-6-4-8-19-10)11-7-5-9-20-11/h4-9,12H,1-3H3,(H,16,17,18). The number of nitrogens with one attached hydrogen (secondary N) is 1. The van der Waals surface area contributed by atoms with E-state index in [1.807, 2.05) is 0 Å². The first-order valence-electron chi connectivity index (χ1n) is 6.71. The van der Waals surface area contributed by atoms with Crippen LogP contribution in [-0.2, 0) is 5.41 Å². The second-order valence-corrected chi connectivity index (χ2v) is 8.49. The lowest BCUT2D eigenvalue weighted by atomic mass is 9.96. The third-order valence-electron chi connectivity index (χ3n) is 3.02. The monoisotopic (exact) mass is 335 g/mol. The molecule has 0 amide bonds. The van der Waals surface area contributed by atoms with Crippen LogP contribution >= 0.6 is 34.2 Å². The Labute approximate surface area is 136 Å². The molecular formula is C15H17N3S3. The van der Waals surface area contributed by atoms with Crippen molar-refractivity contribution in [1.29, 1.82) is 0 Å². The molecule has 0 atom stereocenters. The molecule has 0 spiro atoms. The molecule has 0 radical (unpaired) electrons. The fraction of sp³-hybridized carbons (Fsp3) is 0.333. The van der Waals surface area contributed by atoms with Gasteiger partial charge in [-0.05, 0) is 22.9 Å². The largest absolute Gasteiger partial charge is 0.348 e. The van der Waals surface area contributed by atoms with E-state index < -0.39 is 0 Å². The highest BCUT2D eigenvalue weighted by Gasteiger charge is 2.22. The molecule has 3 aromatic heterocycles. The van der Waals surface area contributed by atoms with Gasteiger partial charge in [0.1, 0.15) is 5.82 Å². The summed E-state index contributed by atoms with van der Waals surface area (Å²) in [6.45, 7) is 6.40. The van der Waals surface area contributed by atoms with Crippen molar-refractivity contribution in [1.82, 2.24) is 9.36 Å². The number of aromatic nitrogens is 2. The molecule has 0 fully saturated rings. The van der Waals surface area contributed by atoms with Crippen LogP contribution < -0.4 is 5.32 Å². The molecule has 0 aliphatic rings. The van der Waals surface area contributed by atoms with E-state index in [-0.39, 0.29) is 11.5 Å². The first kappa shape index (κ1) is 14.7. The molecule has 0 unspecified atom stereocenters. The van der Waals surface area contributed by atoms with E-state index in [0.29, 0.717) is 0 Å². The topological polar surface area (TPSA) is 37.8 Å². The minimum absolute atomic E-state index is 0.0161. The minimum atomic E-state index is -0.0161. The van der Waals surface area contributed by atoms with Gasteiger partial charge in [-0.3, -0.25) is 0 Å². The number of anilines is 1. The number of rotatable bonds is 4. The summed E-state index contributed by atoms with van der Waals surface area (Å²) in [4.78, 5) is 7.24. The number of thiophene rings is 2. The van der Waals surface area contributed by atoms with Crippen LogP contribution in [0.2, 0.25) is 0 Å². The summed E-state index contributed by atoms with van der Waals surface area (Å²) in [6, 6.07) is 8.65. The number of hydrogen-bond donors (Lipinski definition) is 1. The molecule has 1 N–H and O–H groups in total. The van der Waals surface area contributed by atoms with E-state index in [9.17, 15) is 0 Å². The molecule has 0 aromatic carbocycles. The highest BCUT2D eigenvalue weighted by Crippen LogP contribution is 2.33. The summed E-state index contributed by atoms with van der Waals surface area (Å²) in [5.74, 6) is 0.895. The molecule has 0 aliphatic heterocycles. The third kappa shape index (κ3) is 3.33. The number of nitrogens with zero attached hydrogens (tertiary/aromatic N) is 2. The van der Waals surface area contributed by atoms with Crippen LogP contribution in [0.25, 0.3) is 0 Å². The summed E-state index contributed by atoms with van der Waals surface area (Å²) in [5.41, 5.74) is -0.0161. The van der Waals surface area contributed by atoms with E-state index in [2.05, 4.69) is 70.5 Å². The first-order chi connectivity index (χ1) is 10.0. The average molecular weight is 336 g/mol. The Morgan fingerprint density at radius 3 is 2.10 bits per heavy atom. The third-order valence-corrected chi connectivity index (χ3v) is 5.54. The van der Waals surface area contributed by atoms with Crippen molar-refractivity contribution < 1.29 is 0 Å². The zero-order valence-electron chi connectivity index (χ0n) is 12.2. The van der Waals surface area contributed by atoms with Gasteiger partial charge >= 0.3 is 0 Å². The zero-order chi connectivity index (χ0) is 14.9. The lowest BCUT2D eigenvalue weighted by molar-refractivity contribution is 0.555. The van der Waals surface area contributed by atoms with E-state index >= 15 is 0 Å². The maximum absolute atomic E-state index is 4.65. The molecule has 21 heavy (non-hydrogen) atoms. The van der Waals surface area contributed by atoms with Gasteiger partial charge in [0.25, 0.3) is 0 Å². The van der Waals surface area contributed by atoms with Gasteiger partial charge < -0.3 is 5.32 Å². The molecule has 110 valence electrons. The predicted octanol–water partition coefficient (Wildman–Crippen LogP) is 5.16. The van der Waals surface area contributed by atoms with E-state index in [0.717, 1.165) is 11.0 Å². The minimum Gasteiger partial charge on any atom is -0.348 e. The smallest absolute Gasteiger partial charge is 0.203 e. The van der Waals surface area contributed by atoms with Crippen LogP contribution in [0.4, 0.5) is 5.13 Å². The Hall–Kier alpha value is -1.24. The van der Waals surface area contributed by atoms with Gasteiger partial charge in [-0.2, -0.15) is 4.37 Å². The second kappa shape index (κ2) is 5.87. The van der Waals surface area contributed by atoms with Crippen LogP contribution in [0.3, 0.4) is 0 Å². The fourth-order valence-electron chi connectivity index (χ4n) is 1.90. The zero-order valence-corrected chi connectivity index (χ0v) is 14.6. The van der Waals surface area contributed by atoms with Gasteiger partial charge in [0.15, 0.2) is 0 Å². The van der Waals surface area contributed by atoms with E-state index in [1.165, 1.54) is 21.3 Å². The quantitative estimate of drug-likeness (QED) is 0.715. The molecular weight excluding hydrogens is 318 g/mol. The normalized spacial score (nSPS) is 12.0. The van der Waals surface area contributed by atoms with Gasteiger partial charge in [-0.15, -0.1) is 22.7 Å². The van der Waals surface area contributed by atoms with Crippen LogP contribution in [-0.4, -0.2) is 9.36 Å². The van der Waals surface area contributed by atoms with Gasteiger partial charge in [0, 0.05) is 26.7 Å². The molecule has 3 aromatic rings. The maximum Gasteiger partial charge on any atom is 0.203 e. The van der Waals surface area contributed by atoms with Crippen LogP contribution in [0, 0.1) is 0 Å².